The van der Waals surface area contributed by atoms with Crippen molar-refractivity contribution in [2.75, 3.05) is 16.4 Å². The van der Waals surface area contributed by atoms with Gasteiger partial charge in [-0.25, -0.2) is 9.80 Å². The second kappa shape index (κ2) is 11.4. The topological polar surface area (TPSA) is 190 Å². The Morgan fingerprint density at radius 2 is 1.35 bits per heavy atom. The molecule has 0 bridgehead atoms. The van der Waals surface area contributed by atoms with Gasteiger partial charge < -0.3 is 9.84 Å². The number of benzene rings is 3. The third kappa shape index (κ3) is 4.62. The number of aromatic hydroxyl groups is 1. The third-order valence-electron chi connectivity index (χ3n) is 9.89. The van der Waals surface area contributed by atoms with Crippen LogP contribution in [0.1, 0.15) is 31.2 Å². The summed E-state index contributed by atoms with van der Waals surface area (Å²) >= 11 is 0. The molecular weight excluding hydrogens is 624 g/mol. The molecule has 2 heterocycles. The van der Waals surface area contributed by atoms with Gasteiger partial charge in [0, 0.05) is 30.2 Å². The van der Waals surface area contributed by atoms with E-state index in [9.17, 15) is 44.5 Å². The van der Waals surface area contributed by atoms with Crippen LogP contribution in [0.4, 0.5) is 22.7 Å². The van der Waals surface area contributed by atoms with E-state index in [4.69, 9.17) is 4.74 Å². The van der Waals surface area contributed by atoms with Crippen LogP contribution in [0, 0.1) is 49.8 Å². The predicted octanol–water partition coefficient (Wildman–Crippen LogP) is 4.65. The molecule has 3 aromatic carbocycles. The molecule has 14 heteroatoms. The van der Waals surface area contributed by atoms with Crippen LogP contribution in [-0.4, -0.2) is 45.2 Å². The lowest BCUT2D eigenvalue weighted by molar-refractivity contribution is -0.385. The summed E-state index contributed by atoms with van der Waals surface area (Å²) in [6.45, 7) is 1.99. The van der Waals surface area contributed by atoms with Crippen molar-refractivity contribution < 1.29 is 38.9 Å². The summed E-state index contributed by atoms with van der Waals surface area (Å²) in [4.78, 5) is 80.1. The molecule has 7 rings (SSSR count). The molecule has 0 radical (unpaired) electrons. The van der Waals surface area contributed by atoms with Crippen LogP contribution in [0.25, 0.3) is 0 Å². The number of amides is 4. The number of carbonyl (C=O) groups excluding carboxylic acids is 4. The maximum atomic E-state index is 14.3. The van der Waals surface area contributed by atoms with E-state index >= 15 is 0 Å². The Morgan fingerprint density at radius 3 is 1.94 bits per heavy atom. The standard InChI is InChI=1S/C34H28N4O10/c1-2-48-27-13-17(9-12-26(27)39)28-22-10-11-23-29(33(42)35(31(23)40)18-5-3-7-20(14-18)37(44)45)24(22)16-25-30(28)34(43)36(32(25)41)19-6-4-8-21(15-19)38(46)47/h3-10,12-15,23-25,28-30,39H,2,11,16H2,1H3/t23-,24+,25+,28-,29-,30+/m0/s1. The number of anilines is 2. The highest BCUT2D eigenvalue weighted by Crippen LogP contribution is 2.59. The van der Waals surface area contributed by atoms with Crippen LogP contribution >= 0.6 is 0 Å². The fourth-order valence-electron chi connectivity index (χ4n) is 7.96. The van der Waals surface area contributed by atoms with Crippen molar-refractivity contribution >= 4 is 46.4 Å². The number of non-ortho nitro benzene ring substituents is 2. The van der Waals surface area contributed by atoms with Gasteiger partial charge >= 0.3 is 0 Å². The number of nitro groups is 2. The molecule has 6 atom stereocenters. The number of carbonyl (C=O) groups is 4. The fraction of sp³-hybridized carbons (Fsp3) is 0.294. The number of hydrogen-bond acceptors (Lipinski definition) is 10. The van der Waals surface area contributed by atoms with E-state index in [1.54, 1.807) is 19.1 Å². The molecule has 3 aromatic rings. The second-order valence-corrected chi connectivity index (χ2v) is 12.3. The fourth-order valence-corrected chi connectivity index (χ4v) is 7.96. The van der Waals surface area contributed by atoms with Gasteiger partial charge in [0.05, 0.1) is 51.5 Å². The van der Waals surface area contributed by atoms with Crippen LogP contribution in [0.2, 0.25) is 0 Å². The number of rotatable bonds is 7. The van der Waals surface area contributed by atoms with Crippen molar-refractivity contribution in [3.8, 4) is 11.5 Å². The van der Waals surface area contributed by atoms with Gasteiger partial charge in [0.25, 0.3) is 11.4 Å². The van der Waals surface area contributed by atoms with Crippen molar-refractivity contribution in [3.05, 3.63) is 104 Å². The van der Waals surface area contributed by atoms with Crippen molar-refractivity contribution in [2.24, 2.45) is 29.6 Å². The Hall–Kier alpha value is -5.92. The van der Waals surface area contributed by atoms with Crippen LogP contribution in [0.3, 0.4) is 0 Å². The lowest BCUT2D eigenvalue weighted by atomic mass is 9.57. The van der Waals surface area contributed by atoms with Crippen molar-refractivity contribution in [1.82, 2.24) is 0 Å². The monoisotopic (exact) mass is 652 g/mol. The number of phenolic OH excluding ortho intramolecular Hbond substituents is 1. The van der Waals surface area contributed by atoms with Crippen molar-refractivity contribution in [2.45, 2.75) is 25.7 Å². The van der Waals surface area contributed by atoms with Crippen LogP contribution in [0.15, 0.2) is 78.4 Å². The minimum atomic E-state index is -0.949. The lowest BCUT2D eigenvalue weighted by Crippen LogP contribution is -2.43. The average Bonchev–Trinajstić information content (AvgIpc) is 3.48. The Balaban J connectivity index is 1.34. The molecule has 1 N–H and O–H groups in total. The molecule has 0 spiro atoms. The first-order chi connectivity index (χ1) is 23.0. The van der Waals surface area contributed by atoms with E-state index < -0.39 is 69.0 Å². The summed E-state index contributed by atoms with van der Waals surface area (Å²) < 4.78 is 5.63. The molecule has 244 valence electrons. The zero-order valence-electron chi connectivity index (χ0n) is 25.4. The van der Waals surface area contributed by atoms with Gasteiger partial charge in [-0.1, -0.05) is 29.8 Å². The number of fused-ring (bicyclic) bond motifs is 4. The zero-order chi connectivity index (χ0) is 34.0. The maximum Gasteiger partial charge on any atom is 0.271 e. The van der Waals surface area contributed by atoms with E-state index in [1.165, 1.54) is 48.5 Å². The largest absolute Gasteiger partial charge is 0.504 e. The normalized spacial score (nSPS) is 26.1. The summed E-state index contributed by atoms with van der Waals surface area (Å²) in [6, 6.07) is 15.2. The van der Waals surface area contributed by atoms with Crippen LogP contribution < -0.4 is 14.5 Å². The molecule has 4 amide bonds. The third-order valence-corrected chi connectivity index (χ3v) is 9.89. The van der Waals surface area contributed by atoms with Gasteiger partial charge in [-0.15, -0.1) is 0 Å². The minimum Gasteiger partial charge on any atom is -0.504 e. The summed E-state index contributed by atoms with van der Waals surface area (Å²) in [5.41, 5.74) is 0.784. The summed E-state index contributed by atoms with van der Waals surface area (Å²) in [5, 5.41) is 33.4. The summed E-state index contributed by atoms with van der Waals surface area (Å²) in [7, 11) is 0. The van der Waals surface area contributed by atoms with Crippen LogP contribution in [0.5, 0.6) is 11.5 Å². The quantitative estimate of drug-likeness (QED) is 0.163. The van der Waals surface area contributed by atoms with E-state index in [0.29, 0.717) is 11.1 Å². The number of hydrogen-bond donors (Lipinski definition) is 1. The first-order valence-electron chi connectivity index (χ1n) is 15.4. The highest BCUT2D eigenvalue weighted by molar-refractivity contribution is 6.24. The number of allylic oxidation sites excluding steroid dienone is 2. The first-order valence-corrected chi connectivity index (χ1v) is 15.4. The highest BCUT2D eigenvalue weighted by atomic mass is 16.6. The number of nitrogens with zero attached hydrogens (tertiary/aromatic N) is 4. The van der Waals surface area contributed by atoms with E-state index in [2.05, 4.69) is 0 Å². The molecule has 48 heavy (non-hydrogen) atoms. The van der Waals surface area contributed by atoms with E-state index in [0.717, 1.165) is 15.9 Å². The van der Waals surface area contributed by atoms with Crippen molar-refractivity contribution in [3.63, 3.8) is 0 Å². The van der Waals surface area contributed by atoms with Gasteiger partial charge in [-0.2, -0.15) is 0 Å². The summed E-state index contributed by atoms with van der Waals surface area (Å²) in [5.74, 6) is -7.15. The summed E-state index contributed by atoms with van der Waals surface area (Å²) in [6.07, 6.45) is 2.06. The minimum absolute atomic E-state index is 0.0480. The van der Waals surface area contributed by atoms with E-state index in [1.807, 2.05) is 6.08 Å². The number of phenols is 1. The highest BCUT2D eigenvalue weighted by Gasteiger charge is 2.62. The number of nitro benzene ring substituents is 2. The average molecular weight is 653 g/mol. The molecule has 0 aromatic heterocycles. The Bertz CT molecular complexity index is 1970. The van der Waals surface area contributed by atoms with Gasteiger partial charge in [0.15, 0.2) is 11.5 Å². The molecule has 1 saturated carbocycles. The van der Waals surface area contributed by atoms with Gasteiger partial charge in [-0.05, 0) is 55.5 Å². The van der Waals surface area contributed by atoms with Gasteiger partial charge in [0.2, 0.25) is 23.6 Å². The lowest BCUT2D eigenvalue weighted by Gasteiger charge is -2.44. The Labute approximate surface area is 272 Å². The zero-order valence-corrected chi connectivity index (χ0v) is 25.4. The maximum absolute atomic E-state index is 14.3. The molecule has 4 aliphatic rings. The van der Waals surface area contributed by atoms with Gasteiger partial charge in [0.1, 0.15) is 0 Å². The first kappa shape index (κ1) is 30.7. The number of imide groups is 2. The van der Waals surface area contributed by atoms with Crippen LogP contribution in [-0.2, 0) is 19.2 Å². The van der Waals surface area contributed by atoms with Crippen molar-refractivity contribution in [1.29, 1.82) is 0 Å². The number of ether oxygens (including phenoxy) is 1. The molecule has 2 aliphatic heterocycles. The SMILES string of the molecule is CCOc1cc([C@H]2C3=CC[C@@H]4C(=O)N(c5cccc([N+](=O)[O-])c5)C(=O)[C@@H]4[C@@H]3C[C@H]3C(=O)N(c4cccc([N+](=O)[O-])c4)C(=O)[C@@H]23)ccc1O. The molecular formula is C34H28N4O10. The van der Waals surface area contributed by atoms with Gasteiger partial charge in [-0.3, -0.25) is 39.4 Å². The molecule has 0 unspecified atom stereocenters. The Kier molecular flexibility index (Phi) is 7.30. The molecule has 14 nitrogen and oxygen atoms in total. The van der Waals surface area contributed by atoms with E-state index in [-0.39, 0.29) is 53.7 Å². The Morgan fingerprint density at radius 1 is 0.771 bits per heavy atom. The predicted molar refractivity (Wildman–Crippen MR) is 168 cm³/mol. The molecule has 2 aliphatic carbocycles. The molecule has 2 saturated heterocycles. The smallest absolute Gasteiger partial charge is 0.271 e. The molecule has 3 fully saturated rings. The second-order valence-electron chi connectivity index (χ2n) is 12.3.